The average molecular weight is 290 g/mol. The molecule has 1 aromatic heterocycles. The van der Waals surface area contributed by atoms with E-state index in [9.17, 15) is 14.7 Å². The molecule has 1 aliphatic rings. The van der Waals surface area contributed by atoms with E-state index >= 15 is 0 Å². The van der Waals surface area contributed by atoms with Crippen molar-refractivity contribution in [1.82, 2.24) is 9.47 Å². The van der Waals surface area contributed by atoms with Crippen molar-refractivity contribution in [3.05, 3.63) is 36.0 Å². The number of carboxylic acid groups (broad SMARTS) is 1. The van der Waals surface area contributed by atoms with Gasteiger partial charge < -0.3 is 14.6 Å². The summed E-state index contributed by atoms with van der Waals surface area (Å²) < 4.78 is 1.89. The summed E-state index contributed by atoms with van der Waals surface area (Å²) >= 11 is 1.47. The normalized spacial score (nSPS) is 18.6. The first-order valence-electron chi connectivity index (χ1n) is 6.25. The van der Waals surface area contributed by atoms with Gasteiger partial charge in [-0.05, 0) is 6.07 Å². The quantitative estimate of drug-likeness (QED) is 0.915. The number of aromatic nitrogens is 1. The van der Waals surface area contributed by atoms with Crippen molar-refractivity contribution >= 4 is 34.5 Å². The van der Waals surface area contributed by atoms with E-state index in [0.29, 0.717) is 17.2 Å². The van der Waals surface area contributed by atoms with Gasteiger partial charge >= 0.3 is 5.97 Å². The van der Waals surface area contributed by atoms with E-state index in [1.54, 1.807) is 6.20 Å². The van der Waals surface area contributed by atoms with E-state index in [4.69, 9.17) is 0 Å². The van der Waals surface area contributed by atoms with Gasteiger partial charge in [0.25, 0.3) is 5.91 Å². The van der Waals surface area contributed by atoms with Crippen LogP contribution in [-0.4, -0.2) is 44.1 Å². The Morgan fingerprint density at radius 2 is 2.10 bits per heavy atom. The maximum absolute atomic E-state index is 12.6. The topological polar surface area (TPSA) is 62.5 Å². The van der Waals surface area contributed by atoms with Crippen LogP contribution in [0.4, 0.5) is 0 Å². The highest BCUT2D eigenvalue weighted by Crippen LogP contribution is 2.27. The predicted molar refractivity (Wildman–Crippen MR) is 77.8 cm³/mol. The third-order valence-electron chi connectivity index (χ3n) is 3.56. The molecule has 104 valence electrons. The second-order valence-corrected chi connectivity index (χ2v) is 5.80. The zero-order chi connectivity index (χ0) is 14.3. The summed E-state index contributed by atoms with van der Waals surface area (Å²) in [5, 5.41) is 10.0. The number of hydrogen-bond donors (Lipinski definition) is 1. The lowest BCUT2D eigenvalue weighted by atomic mass is 10.1. The lowest BCUT2D eigenvalue weighted by Gasteiger charge is -2.20. The molecule has 1 saturated heterocycles. The van der Waals surface area contributed by atoms with Crippen molar-refractivity contribution in [1.29, 1.82) is 0 Å². The van der Waals surface area contributed by atoms with Gasteiger partial charge in [-0.2, -0.15) is 0 Å². The SMILES string of the molecule is Cn1cc(C(=O)N2CSCC2C(=O)O)c2ccccc21. The minimum absolute atomic E-state index is 0.209. The van der Waals surface area contributed by atoms with Crippen LogP contribution in [0.3, 0.4) is 0 Å². The first-order chi connectivity index (χ1) is 9.59. The summed E-state index contributed by atoms with van der Waals surface area (Å²) in [6, 6.07) is 6.90. The van der Waals surface area contributed by atoms with Gasteiger partial charge in [0.1, 0.15) is 6.04 Å². The summed E-state index contributed by atoms with van der Waals surface area (Å²) in [6.07, 6.45) is 1.77. The molecule has 20 heavy (non-hydrogen) atoms. The molecular weight excluding hydrogens is 276 g/mol. The number of carbonyl (C=O) groups is 2. The fraction of sp³-hybridized carbons (Fsp3) is 0.286. The molecule has 1 aliphatic heterocycles. The predicted octanol–water partition coefficient (Wildman–Crippen LogP) is 1.78. The first-order valence-corrected chi connectivity index (χ1v) is 7.40. The van der Waals surface area contributed by atoms with Crippen molar-refractivity contribution in [2.24, 2.45) is 7.05 Å². The number of thioether (sulfide) groups is 1. The molecule has 0 radical (unpaired) electrons. The van der Waals surface area contributed by atoms with Gasteiger partial charge in [0.05, 0.1) is 11.4 Å². The molecule has 1 unspecified atom stereocenters. The second-order valence-electron chi connectivity index (χ2n) is 4.80. The number of carboxylic acids is 1. The Morgan fingerprint density at radius 1 is 1.35 bits per heavy atom. The van der Waals surface area contributed by atoms with Crippen LogP contribution in [0.1, 0.15) is 10.4 Å². The number of nitrogens with zero attached hydrogens (tertiary/aromatic N) is 2. The van der Waals surface area contributed by atoms with E-state index in [2.05, 4.69) is 0 Å². The maximum Gasteiger partial charge on any atom is 0.327 e. The lowest BCUT2D eigenvalue weighted by molar-refractivity contribution is -0.140. The van der Waals surface area contributed by atoms with Crippen LogP contribution in [0.2, 0.25) is 0 Å². The summed E-state index contributed by atoms with van der Waals surface area (Å²) in [6.45, 7) is 0. The van der Waals surface area contributed by atoms with Gasteiger partial charge in [-0.15, -0.1) is 11.8 Å². The van der Waals surface area contributed by atoms with Gasteiger partial charge in [0.15, 0.2) is 0 Å². The number of rotatable bonds is 2. The molecule has 1 atom stereocenters. The van der Waals surface area contributed by atoms with E-state index in [-0.39, 0.29) is 5.91 Å². The molecule has 1 aromatic carbocycles. The highest BCUT2D eigenvalue weighted by atomic mass is 32.2. The molecule has 5 nitrogen and oxygen atoms in total. The lowest BCUT2D eigenvalue weighted by Crippen LogP contribution is -2.41. The zero-order valence-corrected chi connectivity index (χ0v) is 11.8. The van der Waals surface area contributed by atoms with Crippen LogP contribution in [0.25, 0.3) is 10.9 Å². The van der Waals surface area contributed by atoms with Crippen molar-refractivity contribution < 1.29 is 14.7 Å². The molecule has 0 spiro atoms. The summed E-state index contributed by atoms with van der Waals surface area (Å²) in [4.78, 5) is 25.3. The molecule has 0 aliphatic carbocycles. The minimum atomic E-state index is -0.941. The fourth-order valence-corrected chi connectivity index (χ4v) is 3.66. The van der Waals surface area contributed by atoms with Crippen LogP contribution in [0, 0.1) is 0 Å². The minimum Gasteiger partial charge on any atom is -0.480 e. The molecule has 6 heteroatoms. The Kier molecular flexibility index (Phi) is 3.17. The summed E-state index contributed by atoms with van der Waals surface area (Å²) in [5.41, 5.74) is 1.53. The van der Waals surface area contributed by atoms with Crippen LogP contribution in [0.5, 0.6) is 0 Å². The number of para-hydroxylation sites is 1. The Morgan fingerprint density at radius 3 is 2.85 bits per heavy atom. The Labute approximate surface area is 120 Å². The smallest absolute Gasteiger partial charge is 0.327 e. The molecule has 2 aromatic rings. The van der Waals surface area contributed by atoms with Crippen molar-refractivity contribution in [3.8, 4) is 0 Å². The number of aliphatic carboxylic acids is 1. The molecule has 1 N–H and O–H groups in total. The second kappa shape index (κ2) is 4.86. The Balaban J connectivity index is 2.03. The first kappa shape index (κ1) is 13.1. The highest BCUT2D eigenvalue weighted by Gasteiger charge is 2.35. The van der Waals surface area contributed by atoms with Gasteiger partial charge in [-0.3, -0.25) is 4.79 Å². The molecule has 2 heterocycles. The van der Waals surface area contributed by atoms with Gasteiger partial charge in [0, 0.05) is 29.9 Å². The Bertz CT molecular complexity index is 695. The number of fused-ring (bicyclic) bond motifs is 1. The molecule has 0 bridgehead atoms. The fourth-order valence-electron chi connectivity index (χ4n) is 2.51. The number of aryl methyl sites for hydroxylation is 1. The van der Waals surface area contributed by atoms with E-state index in [1.807, 2.05) is 35.9 Å². The number of carbonyl (C=O) groups excluding carboxylic acids is 1. The van der Waals surface area contributed by atoms with Crippen LogP contribution in [0.15, 0.2) is 30.5 Å². The molecule has 3 rings (SSSR count). The van der Waals surface area contributed by atoms with Crippen LogP contribution in [-0.2, 0) is 11.8 Å². The van der Waals surface area contributed by atoms with Crippen molar-refractivity contribution in [2.45, 2.75) is 6.04 Å². The zero-order valence-electron chi connectivity index (χ0n) is 10.9. The number of hydrogen-bond acceptors (Lipinski definition) is 3. The van der Waals surface area contributed by atoms with Crippen LogP contribution < -0.4 is 0 Å². The third kappa shape index (κ3) is 1.96. The number of benzene rings is 1. The van der Waals surface area contributed by atoms with E-state index in [1.165, 1.54) is 16.7 Å². The highest BCUT2D eigenvalue weighted by molar-refractivity contribution is 7.99. The third-order valence-corrected chi connectivity index (χ3v) is 4.57. The summed E-state index contributed by atoms with van der Waals surface area (Å²) in [7, 11) is 1.88. The average Bonchev–Trinajstić information content (AvgIpc) is 3.04. The Hall–Kier alpha value is -1.95. The standard InChI is InChI=1S/C14H14N2O3S/c1-15-6-10(9-4-2-3-5-11(9)15)13(17)16-8-20-7-12(16)14(18)19/h2-6,12H,7-8H2,1H3,(H,18,19). The number of amides is 1. The van der Waals surface area contributed by atoms with Crippen LogP contribution >= 0.6 is 11.8 Å². The molecular formula is C14H14N2O3S. The molecule has 1 fully saturated rings. The van der Waals surface area contributed by atoms with E-state index in [0.717, 1.165) is 10.9 Å². The largest absolute Gasteiger partial charge is 0.480 e. The summed E-state index contributed by atoms with van der Waals surface area (Å²) in [5.74, 6) is -0.270. The van der Waals surface area contributed by atoms with Crippen molar-refractivity contribution in [3.63, 3.8) is 0 Å². The molecule has 0 saturated carbocycles. The maximum atomic E-state index is 12.6. The van der Waals surface area contributed by atoms with Gasteiger partial charge in [-0.1, -0.05) is 18.2 Å². The van der Waals surface area contributed by atoms with Gasteiger partial charge in [0.2, 0.25) is 0 Å². The van der Waals surface area contributed by atoms with Gasteiger partial charge in [-0.25, -0.2) is 4.79 Å². The van der Waals surface area contributed by atoms with E-state index < -0.39 is 12.0 Å². The van der Waals surface area contributed by atoms with Crippen molar-refractivity contribution in [2.75, 3.05) is 11.6 Å². The monoisotopic (exact) mass is 290 g/mol. The molecule has 1 amide bonds.